The number of ether oxygens (including phenoxy) is 2. The van der Waals surface area contributed by atoms with Gasteiger partial charge in [0, 0.05) is 5.41 Å². The standard InChI is InChI=1S/C18H33N3O5/c1-14(11-18(4,16(3)22)7-9-23-5)15(2)25-13-17-12-21(20-19-17)8-10-26-24-6/h7,9,12,14-16,22H,8,10-11,13H2,1-6H3/b9-7+/t14?,15-,16?,18+/m1/s1. The summed E-state index contributed by atoms with van der Waals surface area (Å²) in [7, 11) is 3.07. The Bertz CT molecular complexity index is 535. The lowest BCUT2D eigenvalue weighted by molar-refractivity contribution is -0.273. The van der Waals surface area contributed by atoms with Crippen LogP contribution in [0.3, 0.4) is 0 Å². The molecule has 1 heterocycles. The number of hydrogen-bond acceptors (Lipinski definition) is 7. The Morgan fingerprint density at radius 3 is 2.65 bits per heavy atom. The van der Waals surface area contributed by atoms with E-state index in [1.807, 2.05) is 26.1 Å². The molecule has 0 radical (unpaired) electrons. The van der Waals surface area contributed by atoms with E-state index in [4.69, 9.17) is 14.4 Å². The minimum Gasteiger partial charge on any atom is -0.505 e. The fraction of sp³-hybridized carbons (Fsp3) is 0.778. The van der Waals surface area contributed by atoms with Crippen molar-refractivity contribution in [2.24, 2.45) is 11.3 Å². The minimum atomic E-state index is -0.488. The van der Waals surface area contributed by atoms with Gasteiger partial charge < -0.3 is 14.6 Å². The van der Waals surface area contributed by atoms with Gasteiger partial charge in [-0.25, -0.2) is 14.5 Å². The molecule has 1 rings (SSSR count). The number of rotatable bonds is 13. The van der Waals surface area contributed by atoms with Crippen LogP contribution in [0.1, 0.15) is 39.8 Å². The van der Waals surface area contributed by atoms with E-state index < -0.39 is 6.10 Å². The van der Waals surface area contributed by atoms with E-state index in [0.29, 0.717) is 19.8 Å². The van der Waals surface area contributed by atoms with Crippen LogP contribution in [0, 0.1) is 11.3 Å². The largest absolute Gasteiger partial charge is 0.505 e. The number of aromatic nitrogens is 3. The van der Waals surface area contributed by atoms with Crippen molar-refractivity contribution in [3.05, 3.63) is 24.2 Å². The molecule has 1 N–H and O–H groups in total. The minimum absolute atomic E-state index is 0.00555. The molecule has 0 aliphatic rings. The van der Waals surface area contributed by atoms with E-state index in [1.165, 1.54) is 7.11 Å². The first-order chi connectivity index (χ1) is 12.3. The van der Waals surface area contributed by atoms with Crippen molar-refractivity contribution in [2.45, 2.75) is 59.5 Å². The topological polar surface area (TPSA) is 87.9 Å². The van der Waals surface area contributed by atoms with Gasteiger partial charge in [-0.1, -0.05) is 19.1 Å². The van der Waals surface area contributed by atoms with Crippen molar-refractivity contribution >= 4 is 0 Å². The van der Waals surface area contributed by atoms with E-state index in [-0.39, 0.29) is 17.4 Å². The number of hydrogen-bond donors (Lipinski definition) is 1. The second-order valence-electron chi connectivity index (χ2n) is 6.88. The zero-order valence-electron chi connectivity index (χ0n) is 16.7. The lowest BCUT2D eigenvalue weighted by Crippen LogP contribution is -2.33. The molecule has 150 valence electrons. The molecule has 8 heteroatoms. The number of methoxy groups -OCH3 is 1. The maximum absolute atomic E-state index is 10.1. The fourth-order valence-electron chi connectivity index (χ4n) is 2.57. The summed E-state index contributed by atoms with van der Waals surface area (Å²) in [5, 5.41) is 18.3. The lowest BCUT2D eigenvalue weighted by atomic mass is 9.76. The molecule has 1 aromatic rings. The molecular formula is C18H33N3O5. The van der Waals surface area contributed by atoms with Crippen LogP contribution in [0.4, 0.5) is 0 Å². The second kappa shape index (κ2) is 11.3. The van der Waals surface area contributed by atoms with Crippen LogP contribution in [0.5, 0.6) is 0 Å². The number of aliphatic hydroxyl groups excluding tert-OH is 1. The first-order valence-corrected chi connectivity index (χ1v) is 8.87. The predicted molar refractivity (Wildman–Crippen MR) is 97.0 cm³/mol. The average molecular weight is 371 g/mol. The van der Waals surface area contributed by atoms with E-state index in [1.54, 1.807) is 25.0 Å². The summed E-state index contributed by atoms with van der Waals surface area (Å²) in [6, 6.07) is 0. The monoisotopic (exact) mass is 371 g/mol. The average Bonchev–Trinajstić information content (AvgIpc) is 3.05. The Balaban J connectivity index is 2.51. The zero-order chi connectivity index (χ0) is 19.6. The van der Waals surface area contributed by atoms with Crippen molar-refractivity contribution in [1.82, 2.24) is 15.0 Å². The van der Waals surface area contributed by atoms with Gasteiger partial charge in [-0.2, -0.15) is 0 Å². The second-order valence-corrected chi connectivity index (χ2v) is 6.88. The van der Waals surface area contributed by atoms with Crippen LogP contribution in [0.2, 0.25) is 0 Å². The summed E-state index contributed by atoms with van der Waals surface area (Å²) in [6.45, 7) is 9.31. The molecule has 26 heavy (non-hydrogen) atoms. The van der Waals surface area contributed by atoms with E-state index >= 15 is 0 Å². The van der Waals surface area contributed by atoms with Crippen molar-refractivity contribution in [2.75, 3.05) is 20.8 Å². The molecule has 0 saturated heterocycles. The van der Waals surface area contributed by atoms with E-state index in [9.17, 15) is 5.11 Å². The van der Waals surface area contributed by atoms with Gasteiger partial charge in [0.2, 0.25) is 0 Å². The maximum atomic E-state index is 10.1. The molecule has 0 amide bonds. The molecule has 0 spiro atoms. The maximum Gasteiger partial charge on any atom is 0.108 e. The Kier molecular flexibility index (Phi) is 9.79. The molecule has 0 fully saturated rings. The van der Waals surface area contributed by atoms with E-state index in [2.05, 4.69) is 22.1 Å². The zero-order valence-corrected chi connectivity index (χ0v) is 16.7. The lowest BCUT2D eigenvalue weighted by Gasteiger charge is -2.34. The number of aliphatic hydroxyl groups is 1. The highest BCUT2D eigenvalue weighted by molar-refractivity contribution is 4.99. The summed E-state index contributed by atoms with van der Waals surface area (Å²) in [4.78, 5) is 9.36. The Labute approximate surface area is 156 Å². The predicted octanol–water partition coefficient (Wildman–Crippen LogP) is 2.33. The first kappa shape index (κ1) is 22.6. The van der Waals surface area contributed by atoms with Gasteiger partial charge >= 0.3 is 0 Å². The quantitative estimate of drug-likeness (QED) is 0.246. The molecule has 0 aromatic carbocycles. The highest BCUT2D eigenvalue weighted by atomic mass is 17.2. The Morgan fingerprint density at radius 2 is 2.04 bits per heavy atom. The van der Waals surface area contributed by atoms with Crippen molar-refractivity contribution < 1.29 is 24.4 Å². The summed E-state index contributed by atoms with van der Waals surface area (Å²) < 4.78 is 12.7. The molecule has 0 saturated carbocycles. The fourth-order valence-corrected chi connectivity index (χ4v) is 2.57. The molecule has 0 bridgehead atoms. The molecule has 2 unspecified atom stereocenters. The van der Waals surface area contributed by atoms with Crippen LogP contribution in [-0.2, 0) is 32.4 Å². The van der Waals surface area contributed by atoms with Crippen LogP contribution >= 0.6 is 0 Å². The normalized spacial score (nSPS) is 17.8. The van der Waals surface area contributed by atoms with Gasteiger partial charge in [-0.3, -0.25) is 0 Å². The molecular weight excluding hydrogens is 338 g/mol. The summed E-state index contributed by atoms with van der Waals surface area (Å²) in [6.07, 6.45) is 5.65. The highest BCUT2D eigenvalue weighted by Crippen LogP contribution is 2.33. The van der Waals surface area contributed by atoms with Crippen LogP contribution in [-0.4, -0.2) is 53.1 Å². The molecule has 8 nitrogen and oxygen atoms in total. The summed E-state index contributed by atoms with van der Waals surface area (Å²) >= 11 is 0. The third kappa shape index (κ3) is 7.41. The van der Waals surface area contributed by atoms with Crippen molar-refractivity contribution in [1.29, 1.82) is 0 Å². The Hall–Kier alpha value is -1.48. The van der Waals surface area contributed by atoms with Gasteiger partial charge in [-0.05, 0) is 32.3 Å². The van der Waals surface area contributed by atoms with Crippen LogP contribution in [0.25, 0.3) is 0 Å². The molecule has 4 atom stereocenters. The third-order valence-electron chi connectivity index (χ3n) is 4.70. The van der Waals surface area contributed by atoms with Crippen LogP contribution < -0.4 is 0 Å². The van der Waals surface area contributed by atoms with Crippen molar-refractivity contribution in [3.8, 4) is 0 Å². The Morgan fingerprint density at radius 1 is 1.31 bits per heavy atom. The molecule has 0 aliphatic carbocycles. The van der Waals surface area contributed by atoms with E-state index in [0.717, 1.165) is 12.1 Å². The van der Waals surface area contributed by atoms with Crippen LogP contribution in [0.15, 0.2) is 18.5 Å². The first-order valence-electron chi connectivity index (χ1n) is 8.87. The summed E-state index contributed by atoms with van der Waals surface area (Å²) in [5.74, 6) is 0.237. The highest BCUT2D eigenvalue weighted by Gasteiger charge is 2.31. The number of nitrogens with zero attached hydrogens (tertiary/aromatic N) is 3. The third-order valence-corrected chi connectivity index (χ3v) is 4.70. The molecule has 1 aromatic heterocycles. The van der Waals surface area contributed by atoms with Gasteiger partial charge in [0.05, 0.1) is 52.0 Å². The SMILES string of the molecule is CO/C=C/[C@@](C)(CC(C)[C@@H](C)OCc1cn(CCOOC)nn1)C(C)O. The van der Waals surface area contributed by atoms with Gasteiger partial charge in [0.25, 0.3) is 0 Å². The molecule has 0 aliphatic heterocycles. The smallest absolute Gasteiger partial charge is 0.108 e. The van der Waals surface area contributed by atoms with Crippen molar-refractivity contribution in [3.63, 3.8) is 0 Å². The summed E-state index contributed by atoms with van der Waals surface area (Å²) in [5.41, 5.74) is 0.386. The van der Waals surface area contributed by atoms with Gasteiger partial charge in [0.15, 0.2) is 0 Å². The van der Waals surface area contributed by atoms with Gasteiger partial charge in [0.1, 0.15) is 12.3 Å². The van der Waals surface area contributed by atoms with Gasteiger partial charge in [-0.15, -0.1) is 5.10 Å².